The van der Waals surface area contributed by atoms with Crippen molar-refractivity contribution >= 4 is 25.3 Å². The second-order valence-electron chi connectivity index (χ2n) is 8.84. The number of hydrogen-bond acceptors (Lipinski definition) is 5. The van der Waals surface area contributed by atoms with Gasteiger partial charge in [-0.1, -0.05) is 71.6 Å². The SMILES string of the molecule is CCCCCCCCCCCC(C)c1cc(C)c(OC)c(CN(C)C(S)S)c1OCC. The van der Waals surface area contributed by atoms with Gasteiger partial charge in [-0.3, -0.25) is 4.90 Å². The molecule has 3 nitrogen and oxygen atoms in total. The average Bonchev–Trinajstić information content (AvgIpc) is 2.74. The van der Waals surface area contributed by atoms with Crippen LogP contribution >= 0.6 is 25.3 Å². The molecule has 1 unspecified atom stereocenters. The lowest BCUT2D eigenvalue weighted by Gasteiger charge is -2.27. The summed E-state index contributed by atoms with van der Waals surface area (Å²) in [5.74, 6) is 2.36. The number of benzene rings is 1. The van der Waals surface area contributed by atoms with E-state index in [4.69, 9.17) is 9.47 Å². The molecule has 0 saturated heterocycles. The Morgan fingerprint density at radius 3 is 2.03 bits per heavy atom. The molecule has 0 fully saturated rings. The van der Waals surface area contributed by atoms with E-state index in [-0.39, 0.29) is 4.71 Å². The second kappa shape index (κ2) is 16.1. The summed E-state index contributed by atoms with van der Waals surface area (Å²) < 4.78 is 11.8. The zero-order valence-corrected chi connectivity index (χ0v) is 22.7. The summed E-state index contributed by atoms with van der Waals surface area (Å²) in [4.78, 5) is 2.08. The van der Waals surface area contributed by atoms with E-state index in [0.717, 1.165) is 22.6 Å². The Morgan fingerprint density at radius 2 is 1.52 bits per heavy atom. The van der Waals surface area contributed by atoms with Gasteiger partial charge in [0.25, 0.3) is 0 Å². The number of rotatable bonds is 17. The fourth-order valence-electron chi connectivity index (χ4n) is 4.24. The van der Waals surface area contributed by atoms with Gasteiger partial charge in [-0.2, -0.15) is 0 Å². The number of unbranched alkanes of at least 4 members (excludes halogenated alkanes) is 8. The maximum atomic E-state index is 6.20. The van der Waals surface area contributed by atoms with Crippen LogP contribution in [0.4, 0.5) is 0 Å². The van der Waals surface area contributed by atoms with Gasteiger partial charge in [0.15, 0.2) is 0 Å². The van der Waals surface area contributed by atoms with E-state index in [9.17, 15) is 0 Å². The number of hydrogen-bond donors (Lipinski definition) is 2. The van der Waals surface area contributed by atoms with Crippen LogP contribution in [-0.4, -0.2) is 30.4 Å². The molecule has 1 aromatic rings. The standard InChI is InChI=1S/C26H47NO2S2/c1-7-9-10-11-12-13-14-15-16-17-20(3)22-18-21(4)24(28-6)23(25(22)29-8-2)19-27(5)26(30)31/h18,20,26,30-31H,7-17,19H2,1-6H3. The average molecular weight is 470 g/mol. The minimum absolute atomic E-state index is 0.137. The highest BCUT2D eigenvalue weighted by Gasteiger charge is 2.23. The zero-order chi connectivity index (χ0) is 23.2. The van der Waals surface area contributed by atoms with E-state index in [1.54, 1.807) is 7.11 Å². The second-order valence-corrected chi connectivity index (χ2v) is 10.2. The van der Waals surface area contributed by atoms with Crippen LogP contribution in [0.1, 0.15) is 108 Å². The normalized spacial score (nSPS) is 12.6. The van der Waals surface area contributed by atoms with Crippen LogP contribution in [0.15, 0.2) is 6.07 Å². The molecule has 0 aromatic heterocycles. The van der Waals surface area contributed by atoms with Gasteiger partial charge in [0.1, 0.15) is 11.5 Å². The molecule has 0 spiro atoms. The van der Waals surface area contributed by atoms with Crippen LogP contribution in [0.2, 0.25) is 0 Å². The summed E-state index contributed by atoms with van der Waals surface area (Å²) in [5, 5.41) is 0. The quantitative estimate of drug-likeness (QED) is 0.137. The molecule has 0 aliphatic heterocycles. The Kier molecular flexibility index (Phi) is 14.9. The van der Waals surface area contributed by atoms with E-state index in [2.05, 4.69) is 63.9 Å². The van der Waals surface area contributed by atoms with Gasteiger partial charge in [0, 0.05) is 6.54 Å². The number of aryl methyl sites for hydroxylation is 1. The molecular formula is C26H47NO2S2. The molecule has 1 aromatic carbocycles. The Labute approximate surface area is 203 Å². The van der Waals surface area contributed by atoms with Crippen LogP contribution in [0.25, 0.3) is 0 Å². The number of methoxy groups -OCH3 is 1. The van der Waals surface area contributed by atoms with Crippen molar-refractivity contribution < 1.29 is 9.47 Å². The molecule has 1 rings (SSSR count). The van der Waals surface area contributed by atoms with Gasteiger partial charge in [-0.25, -0.2) is 0 Å². The van der Waals surface area contributed by atoms with E-state index >= 15 is 0 Å². The lowest BCUT2D eigenvalue weighted by atomic mass is 9.90. The highest BCUT2D eigenvalue weighted by Crippen LogP contribution is 2.41. The number of thiol groups is 2. The van der Waals surface area contributed by atoms with Gasteiger partial charge in [-0.15, -0.1) is 25.3 Å². The summed E-state index contributed by atoms with van der Waals surface area (Å²) in [5.41, 5.74) is 3.57. The summed E-state index contributed by atoms with van der Waals surface area (Å²) >= 11 is 8.94. The minimum atomic E-state index is -0.137. The summed E-state index contributed by atoms with van der Waals surface area (Å²) in [6, 6.07) is 2.27. The van der Waals surface area contributed by atoms with Crippen LogP contribution < -0.4 is 9.47 Å². The first-order valence-electron chi connectivity index (χ1n) is 12.3. The Bertz CT molecular complexity index is 622. The molecule has 1 atom stereocenters. The lowest BCUT2D eigenvalue weighted by molar-refractivity contribution is 0.303. The van der Waals surface area contributed by atoms with Gasteiger partial charge >= 0.3 is 0 Å². The van der Waals surface area contributed by atoms with E-state index < -0.39 is 0 Å². The molecule has 0 aliphatic rings. The van der Waals surface area contributed by atoms with Gasteiger partial charge < -0.3 is 9.47 Å². The van der Waals surface area contributed by atoms with Crippen molar-refractivity contribution in [1.29, 1.82) is 0 Å². The lowest BCUT2D eigenvalue weighted by Crippen LogP contribution is -2.23. The van der Waals surface area contributed by atoms with Crippen LogP contribution in [0.5, 0.6) is 11.5 Å². The Balaban J connectivity index is 2.81. The summed E-state index contributed by atoms with van der Waals surface area (Å²) in [7, 11) is 3.76. The molecule has 0 aliphatic carbocycles. The van der Waals surface area contributed by atoms with E-state index in [1.807, 2.05) is 7.05 Å². The molecule has 5 heteroatoms. The fraction of sp³-hybridized carbons (Fsp3) is 0.769. The van der Waals surface area contributed by atoms with Crippen molar-refractivity contribution in [3.63, 3.8) is 0 Å². The molecule has 31 heavy (non-hydrogen) atoms. The third kappa shape index (κ3) is 9.88. The zero-order valence-electron chi connectivity index (χ0n) is 20.9. The Morgan fingerprint density at radius 1 is 0.935 bits per heavy atom. The van der Waals surface area contributed by atoms with Crippen LogP contribution in [-0.2, 0) is 6.54 Å². The molecule has 0 saturated carbocycles. The first-order chi connectivity index (χ1) is 14.9. The largest absolute Gasteiger partial charge is 0.496 e. The predicted molar refractivity (Wildman–Crippen MR) is 142 cm³/mol. The smallest absolute Gasteiger partial charge is 0.130 e. The molecule has 180 valence electrons. The molecule has 0 amide bonds. The maximum absolute atomic E-state index is 6.20. The first kappa shape index (κ1) is 28.5. The highest BCUT2D eigenvalue weighted by molar-refractivity contribution is 7.99. The van der Waals surface area contributed by atoms with Gasteiger partial charge in [0.05, 0.1) is 24.0 Å². The summed E-state index contributed by atoms with van der Waals surface area (Å²) in [6.45, 7) is 10.1. The first-order valence-corrected chi connectivity index (χ1v) is 13.3. The maximum Gasteiger partial charge on any atom is 0.130 e. The fourth-order valence-corrected chi connectivity index (χ4v) is 4.40. The van der Waals surface area contributed by atoms with Crippen molar-refractivity contribution in [2.75, 3.05) is 20.8 Å². The molecule has 0 bridgehead atoms. The topological polar surface area (TPSA) is 21.7 Å². The highest BCUT2D eigenvalue weighted by atomic mass is 32.2. The van der Waals surface area contributed by atoms with Crippen molar-refractivity contribution in [2.45, 2.75) is 109 Å². The molecular weight excluding hydrogens is 422 g/mol. The van der Waals surface area contributed by atoms with E-state index in [0.29, 0.717) is 19.1 Å². The Hall–Kier alpha value is -0.520. The third-order valence-corrected chi connectivity index (χ3v) is 6.90. The predicted octanol–water partition coefficient (Wildman–Crippen LogP) is 8.00. The third-order valence-electron chi connectivity index (χ3n) is 6.11. The van der Waals surface area contributed by atoms with Crippen molar-refractivity contribution in [3.8, 4) is 11.5 Å². The molecule has 0 radical (unpaired) electrons. The summed E-state index contributed by atoms with van der Waals surface area (Å²) in [6.07, 6.45) is 13.5. The molecule has 0 heterocycles. The minimum Gasteiger partial charge on any atom is -0.496 e. The van der Waals surface area contributed by atoms with Crippen molar-refractivity contribution in [1.82, 2.24) is 4.90 Å². The number of ether oxygens (including phenoxy) is 2. The van der Waals surface area contributed by atoms with Gasteiger partial charge in [-0.05, 0) is 50.4 Å². The number of nitrogens with zero attached hydrogens (tertiary/aromatic N) is 1. The van der Waals surface area contributed by atoms with E-state index in [1.165, 1.54) is 69.8 Å². The van der Waals surface area contributed by atoms with Gasteiger partial charge in [0.2, 0.25) is 0 Å². The van der Waals surface area contributed by atoms with Crippen molar-refractivity contribution in [2.24, 2.45) is 0 Å². The monoisotopic (exact) mass is 469 g/mol. The van der Waals surface area contributed by atoms with Crippen LogP contribution in [0.3, 0.4) is 0 Å². The van der Waals surface area contributed by atoms with Crippen LogP contribution in [0, 0.1) is 6.92 Å². The molecule has 0 N–H and O–H groups in total. The van der Waals surface area contributed by atoms with Crippen molar-refractivity contribution in [3.05, 3.63) is 22.8 Å².